The van der Waals surface area contributed by atoms with Crippen molar-refractivity contribution in [3.63, 3.8) is 0 Å². The summed E-state index contributed by atoms with van der Waals surface area (Å²) in [4.78, 5) is 0. The fraction of sp³-hybridized carbons (Fsp3) is 0.167. The minimum Gasteiger partial charge on any atom is -0.224 e. The zero-order valence-electron chi connectivity index (χ0n) is 8.68. The molecule has 0 aliphatic carbocycles. The summed E-state index contributed by atoms with van der Waals surface area (Å²) in [6.45, 7) is 5.46. The van der Waals surface area contributed by atoms with E-state index < -0.39 is 9.84 Å². The summed E-state index contributed by atoms with van der Waals surface area (Å²) in [6, 6.07) is 9.32. The quantitative estimate of drug-likeness (QED) is 0.784. The van der Waals surface area contributed by atoms with E-state index in [0.717, 1.165) is 5.56 Å². The third-order valence-electron chi connectivity index (χ3n) is 1.90. The van der Waals surface area contributed by atoms with E-state index in [2.05, 4.69) is 6.58 Å². The van der Waals surface area contributed by atoms with Gasteiger partial charge in [-0.25, -0.2) is 8.42 Å². The molecule has 0 unspecified atom stereocenters. The first kappa shape index (κ1) is 11.7. The first-order valence-corrected chi connectivity index (χ1v) is 6.35. The number of allylic oxidation sites excluding steroid dienone is 1. The molecule has 0 saturated carbocycles. The van der Waals surface area contributed by atoms with Crippen LogP contribution in [0.15, 0.2) is 48.4 Å². The second-order valence-electron chi connectivity index (χ2n) is 3.25. The van der Waals surface area contributed by atoms with Gasteiger partial charge in [0.2, 0.25) is 0 Å². The third-order valence-corrected chi connectivity index (χ3v) is 3.34. The van der Waals surface area contributed by atoms with E-state index in [1.54, 1.807) is 6.92 Å². The number of hydrogen-bond acceptors (Lipinski definition) is 2. The lowest BCUT2D eigenvalue weighted by atomic mass is 10.1. The van der Waals surface area contributed by atoms with Crippen molar-refractivity contribution in [1.82, 2.24) is 0 Å². The van der Waals surface area contributed by atoms with Gasteiger partial charge in [-0.15, -0.1) is 0 Å². The average molecular weight is 222 g/mol. The van der Waals surface area contributed by atoms with E-state index in [4.69, 9.17) is 0 Å². The molecule has 15 heavy (non-hydrogen) atoms. The standard InChI is InChI=1S/C12H14O2S/c1-3-9-15(13,14)10-11(2)12-7-5-4-6-8-12/h3-9H,2,10H2,1H3. The largest absolute Gasteiger partial charge is 0.224 e. The zero-order valence-corrected chi connectivity index (χ0v) is 9.50. The summed E-state index contributed by atoms with van der Waals surface area (Å²) < 4.78 is 22.9. The molecule has 80 valence electrons. The molecule has 0 bridgehead atoms. The first-order valence-electron chi connectivity index (χ1n) is 4.64. The van der Waals surface area contributed by atoms with Crippen LogP contribution in [0, 0.1) is 0 Å². The molecule has 0 heterocycles. The molecule has 3 heteroatoms. The molecule has 1 aromatic carbocycles. The van der Waals surface area contributed by atoms with Crippen LogP contribution in [0.2, 0.25) is 0 Å². The summed E-state index contributed by atoms with van der Waals surface area (Å²) >= 11 is 0. The van der Waals surface area contributed by atoms with Crippen molar-refractivity contribution in [2.45, 2.75) is 6.92 Å². The van der Waals surface area contributed by atoms with Gasteiger partial charge in [-0.3, -0.25) is 0 Å². The Morgan fingerprint density at radius 1 is 1.33 bits per heavy atom. The van der Waals surface area contributed by atoms with Crippen molar-refractivity contribution in [3.8, 4) is 0 Å². The maximum absolute atomic E-state index is 11.5. The topological polar surface area (TPSA) is 34.1 Å². The maximum atomic E-state index is 11.5. The number of hydrogen-bond donors (Lipinski definition) is 0. The number of sulfone groups is 1. The first-order chi connectivity index (χ1) is 7.05. The Balaban J connectivity index is 2.82. The minimum absolute atomic E-state index is 0.0264. The van der Waals surface area contributed by atoms with E-state index >= 15 is 0 Å². The van der Waals surface area contributed by atoms with Gasteiger partial charge in [-0.05, 0) is 18.1 Å². The van der Waals surface area contributed by atoms with Gasteiger partial charge in [0.05, 0.1) is 5.75 Å². The van der Waals surface area contributed by atoms with Crippen LogP contribution < -0.4 is 0 Å². The predicted molar refractivity (Wildman–Crippen MR) is 64.1 cm³/mol. The van der Waals surface area contributed by atoms with Gasteiger partial charge in [-0.2, -0.15) is 0 Å². The van der Waals surface area contributed by atoms with Gasteiger partial charge in [0, 0.05) is 5.41 Å². The maximum Gasteiger partial charge on any atom is 0.175 e. The van der Waals surface area contributed by atoms with Crippen molar-refractivity contribution in [3.05, 3.63) is 54.0 Å². The highest BCUT2D eigenvalue weighted by Gasteiger charge is 2.09. The molecule has 0 aromatic heterocycles. The molecule has 0 amide bonds. The number of benzene rings is 1. The van der Waals surface area contributed by atoms with Crippen LogP contribution in [-0.4, -0.2) is 14.2 Å². The SMILES string of the molecule is C=C(CS(=O)(=O)C=CC)c1ccccc1. The van der Waals surface area contributed by atoms with Crippen molar-refractivity contribution in [1.29, 1.82) is 0 Å². The summed E-state index contributed by atoms with van der Waals surface area (Å²) in [5.41, 5.74) is 1.49. The van der Waals surface area contributed by atoms with Crippen LogP contribution in [0.25, 0.3) is 5.57 Å². The molecule has 0 fully saturated rings. The van der Waals surface area contributed by atoms with Gasteiger partial charge >= 0.3 is 0 Å². The molecule has 1 aromatic rings. The Bertz CT molecular complexity index is 456. The van der Waals surface area contributed by atoms with Crippen LogP contribution in [0.5, 0.6) is 0 Å². The van der Waals surface area contributed by atoms with E-state index in [-0.39, 0.29) is 5.75 Å². The van der Waals surface area contributed by atoms with E-state index in [9.17, 15) is 8.42 Å². The predicted octanol–water partition coefficient (Wildman–Crippen LogP) is 2.65. The van der Waals surface area contributed by atoms with Crippen LogP contribution >= 0.6 is 0 Å². The van der Waals surface area contributed by atoms with Gasteiger partial charge < -0.3 is 0 Å². The monoisotopic (exact) mass is 222 g/mol. The Kier molecular flexibility index (Phi) is 3.86. The van der Waals surface area contributed by atoms with Crippen LogP contribution in [0.1, 0.15) is 12.5 Å². The molecule has 2 nitrogen and oxygen atoms in total. The molecule has 0 N–H and O–H groups in total. The summed E-state index contributed by atoms with van der Waals surface area (Å²) in [5, 5.41) is 1.21. The second-order valence-corrected chi connectivity index (χ2v) is 5.13. The van der Waals surface area contributed by atoms with Crippen molar-refractivity contribution in [2.75, 3.05) is 5.75 Å². The fourth-order valence-corrected chi connectivity index (χ4v) is 2.42. The molecule has 0 saturated heterocycles. The van der Waals surface area contributed by atoms with Crippen LogP contribution in [0.3, 0.4) is 0 Å². The lowest BCUT2D eigenvalue weighted by Crippen LogP contribution is -2.03. The van der Waals surface area contributed by atoms with Gasteiger partial charge in [0.1, 0.15) is 0 Å². The van der Waals surface area contributed by atoms with Crippen molar-refractivity contribution < 1.29 is 8.42 Å². The average Bonchev–Trinajstić information content (AvgIpc) is 2.18. The summed E-state index contributed by atoms with van der Waals surface area (Å²) in [7, 11) is -3.16. The summed E-state index contributed by atoms with van der Waals surface area (Å²) in [5.74, 6) is -0.0264. The molecular formula is C12H14O2S. The number of rotatable bonds is 4. The summed E-state index contributed by atoms with van der Waals surface area (Å²) in [6.07, 6.45) is 1.52. The Morgan fingerprint density at radius 3 is 2.47 bits per heavy atom. The Labute approximate surface area is 90.9 Å². The fourth-order valence-electron chi connectivity index (χ4n) is 1.26. The van der Waals surface area contributed by atoms with Crippen LogP contribution in [0.4, 0.5) is 0 Å². The highest BCUT2D eigenvalue weighted by molar-refractivity contribution is 7.94. The highest BCUT2D eigenvalue weighted by Crippen LogP contribution is 2.14. The van der Waals surface area contributed by atoms with Gasteiger partial charge in [0.25, 0.3) is 0 Å². The molecule has 0 atom stereocenters. The van der Waals surface area contributed by atoms with Crippen molar-refractivity contribution >= 4 is 15.4 Å². The minimum atomic E-state index is -3.16. The smallest absolute Gasteiger partial charge is 0.175 e. The molecule has 0 aliphatic heterocycles. The molecular weight excluding hydrogens is 208 g/mol. The van der Waals surface area contributed by atoms with E-state index in [0.29, 0.717) is 5.57 Å². The van der Waals surface area contributed by atoms with Crippen molar-refractivity contribution in [2.24, 2.45) is 0 Å². The Hall–Kier alpha value is -1.35. The van der Waals surface area contributed by atoms with E-state index in [1.807, 2.05) is 30.3 Å². The normalized spacial score (nSPS) is 11.8. The van der Waals surface area contributed by atoms with E-state index in [1.165, 1.54) is 11.5 Å². The molecule has 0 radical (unpaired) electrons. The van der Waals surface area contributed by atoms with Gasteiger partial charge in [0.15, 0.2) is 9.84 Å². The highest BCUT2D eigenvalue weighted by atomic mass is 32.2. The molecule has 0 aliphatic rings. The zero-order chi connectivity index (χ0) is 11.3. The lowest BCUT2D eigenvalue weighted by Gasteiger charge is -2.03. The second kappa shape index (κ2) is 4.94. The van der Waals surface area contributed by atoms with Crippen LogP contribution in [-0.2, 0) is 9.84 Å². The molecule has 1 rings (SSSR count). The van der Waals surface area contributed by atoms with Gasteiger partial charge in [-0.1, -0.05) is 43.0 Å². The molecule has 0 spiro atoms. The third kappa shape index (κ3) is 3.72. The Morgan fingerprint density at radius 2 is 1.93 bits per heavy atom. The lowest BCUT2D eigenvalue weighted by molar-refractivity contribution is 0.607.